The molecule has 10 heteroatoms. The molecule has 1 unspecified atom stereocenters. The summed E-state index contributed by atoms with van der Waals surface area (Å²) in [5.41, 5.74) is 1.36. The maximum absolute atomic E-state index is 10.6. The highest BCUT2D eigenvalue weighted by atomic mass is 16.3. The summed E-state index contributed by atoms with van der Waals surface area (Å²) < 4.78 is 1.40. The number of aromatic hydroxyl groups is 1. The maximum Gasteiger partial charge on any atom is 0.231 e. The van der Waals surface area contributed by atoms with Gasteiger partial charge in [0.25, 0.3) is 0 Å². The number of fused-ring (bicyclic) bond motifs is 2. The number of aryl methyl sites for hydroxylation is 1. The quantitative estimate of drug-likeness (QED) is 0.605. The molecule has 0 radical (unpaired) electrons. The Labute approximate surface area is 198 Å². The van der Waals surface area contributed by atoms with E-state index in [1.54, 1.807) is 31.4 Å². The number of piperidine rings is 2. The van der Waals surface area contributed by atoms with Crippen molar-refractivity contribution >= 4 is 5.82 Å². The lowest BCUT2D eigenvalue weighted by atomic mass is 9.69. The fourth-order valence-electron chi connectivity index (χ4n) is 5.62. The molecular weight excluding hydrogens is 430 g/mol. The first kappa shape index (κ1) is 22.2. The molecule has 176 valence electrons. The summed E-state index contributed by atoms with van der Waals surface area (Å²) in [5, 5.41) is 36.5. The van der Waals surface area contributed by atoms with Crippen LogP contribution >= 0.6 is 0 Å². The lowest BCUT2D eigenvalue weighted by Crippen LogP contribution is -2.66. The van der Waals surface area contributed by atoms with Crippen LogP contribution in [0.5, 0.6) is 5.75 Å². The molecule has 0 aliphatic carbocycles. The van der Waals surface area contributed by atoms with Crippen LogP contribution in [0.4, 0.5) is 5.82 Å². The Balaban J connectivity index is 1.35. The van der Waals surface area contributed by atoms with Crippen LogP contribution in [0.25, 0.3) is 22.8 Å². The number of hydrogen-bond donors (Lipinski definition) is 2. The van der Waals surface area contributed by atoms with Gasteiger partial charge in [-0.15, -0.1) is 10.2 Å². The second-order valence-corrected chi connectivity index (χ2v) is 10.1. The lowest BCUT2D eigenvalue weighted by Gasteiger charge is -2.55. The first-order valence-corrected chi connectivity index (χ1v) is 11.6. The van der Waals surface area contributed by atoms with Gasteiger partial charge >= 0.3 is 0 Å². The monoisotopic (exact) mass is 459 g/mol. The number of aromatic nitrogens is 6. The zero-order valence-electron chi connectivity index (χ0n) is 19.9. The molecule has 2 aliphatic heterocycles. The average Bonchev–Trinajstić information content (AvgIpc) is 3.18. The summed E-state index contributed by atoms with van der Waals surface area (Å²) >= 11 is 0. The van der Waals surface area contributed by atoms with Crippen LogP contribution in [-0.4, -0.2) is 59.2 Å². The smallest absolute Gasteiger partial charge is 0.231 e. The molecule has 2 aromatic heterocycles. The highest BCUT2D eigenvalue weighted by Crippen LogP contribution is 2.41. The van der Waals surface area contributed by atoms with E-state index in [0.29, 0.717) is 28.8 Å². The van der Waals surface area contributed by atoms with E-state index >= 15 is 0 Å². The molecule has 10 nitrogen and oxygen atoms in total. The second-order valence-electron chi connectivity index (χ2n) is 10.1. The van der Waals surface area contributed by atoms with E-state index in [4.69, 9.17) is 5.26 Å². The summed E-state index contributed by atoms with van der Waals surface area (Å²) in [6.45, 7) is 4.65. The summed E-state index contributed by atoms with van der Waals surface area (Å²) in [5.74, 6) is 1.63. The second kappa shape index (κ2) is 8.02. The van der Waals surface area contributed by atoms with Gasteiger partial charge in [0.2, 0.25) is 5.82 Å². The Hall–Kier alpha value is -3.58. The van der Waals surface area contributed by atoms with Crippen molar-refractivity contribution in [3.63, 3.8) is 0 Å². The van der Waals surface area contributed by atoms with E-state index in [2.05, 4.69) is 56.4 Å². The van der Waals surface area contributed by atoms with Crippen LogP contribution in [0.1, 0.15) is 51.8 Å². The number of nitriles is 1. The largest absolute Gasteiger partial charge is 0.507 e. The number of anilines is 1. The summed E-state index contributed by atoms with van der Waals surface area (Å²) in [7, 11) is 3.71. The molecule has 2 saturated heterocycles. The van der Waals surface area contributed by atoms with E-state index in [9.17, 15) is 5.11 Å². The molecular formula is C24H29N9O. The summed E-state index contributed by atoms with van der Waals surface area (Å²) in [4.78, 5) is 10.9. The number of hydrogen-bond acceptors (Lipinski definition) is 9. The molecule has 0 amide bonds. The van der Waals surface area contributed by atoms with Crippen molar-refractivity contribution in [2.45, 2.75) is 63.1 Å². The van der Waals surface area contributed by atoms with Crippen LogP contribution in [0.3, 0.4) is 0 Å². The van der Waals surface area contributed by atoms with Crippen molar-refractivity contribution < 1.29 is 5.11 Å². The van der Waals surface area contributed by atoms with Gasteiger partial charge in [-0.05, 0) is 58.1 Å². The number of phenolic OH excluding ortho intramolecular Hbond substituents is 1. The zero-order chi connectivity index (χ0) is 24.1. The maximum atomic E-state index is 10.6. The zero-order valence-corrected chi connectivity index (χ0v) is 19.9. The van der Waals surface area contributed by atoms with Gasteiger partial charge in [-0.1, -0.05) is 6.07 Å². The Morgan fingerprint density at radius 2 is 1.91 bits per heavy atom. The standard InChI is InChI=1S/C24H29N9O/c1-23-8-5-9-24(2,31-23)12-16(11-23)32(3)20-14-26-22(29-28-20)17-7-6-15(10-18(17)34)21-27-19(13-25)33(4)30-21/h6-7,10,14,16,31,34H,5,8-9,11-12H2,1-4H3/t16?,23-,24+. The Morgan fingerprint density at radius 3 is 2.50 bits per heavy atom. The number of nitrogens with one attached hydrogen (secondary N) is 1. The van der Waals surface area contributed by atoms with E-state index in [1.165, 1.54) is 23.9 Å². The molecule has 0 spiro atoms. The van der Waals surface area contributed by atoms with Crippen LogP contribution in [-0.2, 0) is 7.05 Å². The lowest BCUT2D eigenvalue weighted by molar-refractivity contribution is 0.0784. The van der Waals surface area contributed by atoms with Gasteiger partial charge in [-0.25, -0.2) is 9.67 Å². The SMILES string of the molecule is CN(c1cnc(-c2ccc(-c3nc(C#N)n(C)n3)cc2O)nn1)C1C[C@]2(C)CCC[C@](C)(C1)N2. The Morgan fingerprint density at radius 1 is 1.18 bits per heavy atom. The molecule has 3 aromatic rings. The van der Waals surface area contributed by atoms with E-state index in [-0.39, 0.29) is 22.7 Å². The van der Waals surface area contributed by atoms with Crippen LogP contribution in [0, 0.1) is 11.3 Å². The molecule has 5 rings (SSSR count). The van der Waals surface area contributed by atoms with Gasteiger partial charge in [-0.2, -0.15) is 15.3 Å². The predicted molar refractivity (Wildman–Crippen MR) is 127 cm³/mol. The molecule has 3 atom stereocenters. The van der Waals surface area contributed by atoms with Crippen LogP contribution in [0.15, 0.2) is 24.4 Å². The summed E-state index contributed by atoms with van der Waals surface area (Å²) in [6, 6.07) is 7.36. The third kappa shape index (κ3) is 3.96. The third-order valence-corrected chi connectivity index (χ3v) is 7.25. The highest BCUT2D eigenvalue weighted by Gasteiger charge is 2.46. The number of rotatable bonds is 4. The minimum atomic E-state index is -0.00149. The van der Waals surface area contributed by atoms with Crippen LogP contribution in [0.2, 0.25) is 0 Å². The highest BCUT2D eigenvalue weighted by molar-refractivity contribution is 5.70. The fourth-order valence-corrected chi connectivity index (χ4v) is 5.62. The van der Waals surface area contributed by atoms with Gasteiger partial charge < -0.3 is 15.3 Å². The van der Waals surface area contributed by atoms with Crippen molar-refractivity contribution in [1.82, 2.24) is 35.3 Å². The first-order valence-electron chi connectivity index (χ1n) is 11.6. The minimum absolute atomic E-state index is 0.00149. The normalized spacial score (nSPS) is 26.1. The molecule has 4 heterocycles. The van der Waals surface area contributed by atoms with Gasteiger partial charge in [0, 0.05) is 36.8 Å². The van der Waals surface area contributed by atoms with Crippen LogP contribution < -0.4 is 10.2 Å². The van der Waals surface area contributed by atoms with Gasteiger partial charge in [0.1, 0.15) is 11.8 Å². The predicted octanol–water partition coefficient (Wildman–Crippen LogP) is 2.80. The first-order chi connectivity index (χ1) is 16.2. The topological polar surface area (TPSA) is 129 Å². The van der Waals surface area contributed by atoms with E-state index < -0.39 is 0 Å². The van der Waals surface area contributed by atoms with Gasteiger partial charge in [0.15, 0.2) is 17.5 Å². The molecule has 2 aliphatic rings. The van der Waals surface area contributed by atoms with Gasteiger partial charge in [-0.3, -0.25) is 0 Å². The fraction of sp³-hybridized carbons (Fsp3) is 0.500. The van der Waals surface area contributed by atoms with Crippen molar-refractivity contribution in [2.75, 3.05) is 11.9 Å². The molecule has 1 aromatic carbocycles. The third-order valence-electron chi connectivity index (χ3n) is 7.25. The number of phenols is 1. The Kier molecular flexibility index (Phi) is 5.24. The molecule has 2 fully saturated rings. The van der Waals surface area contributed by atoms with Crippen molar-refractivity contribution in [1.29, 1.82) is 5.26 Å². The van der Waals surface area contributed by atoms with E-state index in [1.807, 2.05) is 6.07 Å². The summed E-state index contributed by atoms with van der Waals surface area (Å²) in [6.07, 6.45) is 7.48. The Bertz CT molecular complexity index is 1250. The van der Waals surface area contributed by atoms with Gasteiger partial charge in [0.05, 0.1) is 11.8 Å². The number of benzene rings is 1. The molecule has 0 saturated carbocycles. The molecule has 2 N–H and O–H groups in total. The molecule has 2 bridgehead atoms. The average molecular weight is 460 g/mol. The van der Waals surface area contributed by atoms with E-state index in [0.717, 1.165) is 18.7 Å². The minimum Gasteiger partial charge on any atom is -0.507 e. The van der Waals surface area contributed by atoms with Crippen molar-refractivity contribution in [3.05, 3.63) is 30.2 Å². The number of nitrogens with zero attached hydrogens (tertiary/aromatic N) is 8. The van der Waals surface area contributed by atoms with Crippen molar-refractivity contribution in [2.24, 2.45) is 7.05 Å². The molecule has 34 heavy (non-hydrogen) atoms. The van der Waals surface area contributed by atoms with Crippen molar-refractivity contribution in [3.8, 4) is 34.6 Å².